The summed E-state index contributed by atoms with van der Waals surface area (Å²) in [7, 11) is 1.85. The number of aromatic nitrogens is 5. The Hall–Kier alpha value is -2.75. The maximum absolute atomic E-state index is 12.8. The lowest BCUT2D eigenvalue weighted by Crippen LogP contribution is -2.54. The monoisotopic (exact) mass is 412 g/mol. The molecule has 1 N–H and O–H groups in total. The second-order valence-corrected chi connectivity index (χ2v) is 8.54. The Bertz CT molecular complexity index is 945. The third-order valence-corrected chi connectivity index (χ3v) is 6.53. The third kappa shape index (κ3) is 3.60. The summed E-state index contributed by atoms with van der Waals surface area (Å²) in [6, 6.07) is 2.10. The number of hydrogen-bond donors (Lipinski definition) is 1. The molecule has 1 atom stereocenters. The lowest BCUT2D eigenvalue weighted by atomic mass is 10.1. The molecule has 10 nitrogen and oxygen atoms in total. The fourth-order valence-electron chi connectivity index (χ4n) is 4.88. The zero-order chi connectivity index (χ0) is 20.7. The summed E-state index contributed by atoms with van der Waals surface area (Å²) >= 11 is 0. The minimum Gasteiger partial charge on any atom is -0.347 e. The second-order valence-electron chi connectivity index (χ2n) is 8.54. The molecule has 2 amide bonds. The lowest BCUT2D eigenvalue weighted by molar-refractivity contribution is -0.134. The van der Waals surface area contributed by atoms with Gasteiger partial charge in [0.1, 0.15) is 0 Å². The van der Waals surface area contributed by atoms with E-state index in [1.807, 2.05) is 28.8 Å². The van der Waals surface area contributed by atoms with Crippen molar-refractivity contribution in [2.24, 2.45) is 7.05 Å². The smallest absolute Gasteiger partial charge is 0.289 e. The highest BCUT2D eigenvalue weighted by atomic mass is 16.2. The predicted octanol–water partition coefficient (Wildman–Crippen LogP) is 0.126. The first-order chi connectivity index (χ1) is 14.6. The van der Waals surface area contributed by atoms with Crippen LogP contribution in [-0.4, -0.2) is 78.4 Å². The Morgan fingerprint density at radius 3 is 2.70 bits per heavy atom. The van der Waals surface area contributed by atoms with E-state index in [0.717, 1.165) is 37.4 Å². The van der Waals surface area contributed by atoms with Gasteiger partial charge in [0, 0.05) is 52.0 Å². The van der Waals surface area contributed by atoms with Crippen LogP contribution in [0.25, 0.3) is 0 Å². The van der Waals surface area contributed by atoms with Gasteiger partial charge in [0.2, 0.25) is 11.7 Å². The summed E-state index contributed by atoms with van der Waals surface area (Å²) < 4.78 is 3.65. The van der Waals surface area contributed by atoms with E-state index in [-0.39, 0.29) is 23.9 Å². The van der Waals surface area contributed by atoms with Crippen molar-refractivity contribution in [1.29, 1.82) is 0 Å². The molecule has 2 fully saturated rings. The van der Waals surface area contributed by atoms with E-state index in [4.69, 9.17) is 0 Å². The first kappa shape index (κ1) is 19.2. The first-order valence-electron chi connectivity index (χ1n) is 10.8. The molecule has 30 heavy (non-hydrogen) atoms. The largest absolute Gasteiger partial charge is 0.347 e. The van der Waals surface area contributed by atoms with Gasteiger partial charge in [-0.2, -0.15) is 5.10 Å². The van der Waals surface area contributed by atoms with Crippen LogP contribution in [0.5, 0.6) is 0 Å². The van der Waals surface area contributed by atoms with Gasteiger partial charge in [-0.15, -0.1) is 10.2 Å². The van der Waals surface area contributed by atoms with E-state index in [0.29, 0.717) is 31.9 Å². The van der Waals surface area contributed by atoms with Crippen molar-refractivity contribution in [3.63, 3.8) is 0 Å². The predicted molar refractivity (Wildman–Crippen MR) is 108 cm³/mol. The molecule has 0 unspecified atom stereocenters. The van der Waals surface area contributed by atoms with Crippen molar-refractivity contribution in [3.05, 3.63) is 29.6 Å². The Morgan fingerprint density at radius 2 is 1.93 bits per heavy atom. The Kier molecular flexibility index (Phi) is 5.01. The van der Waals surface area contributed by atoms with Gasteiger partial charge in [0.25, 0.3) is 5.91 Å². The average Bonchev–Trinajstić information content (AvgIpc) is 3.48. The number of hydrogen-bond acceptors (Lipinski definition) is 6. The molecule has 1 saturated carbocycles. The maximum atomic E-state index is 12.8. The highest BCUT2D eigenvalue weighted by Gasteiger charge is 2.38. The molecule has 160 valence electrons. The summed E-state index contributed by atoms with van der Waals surface area (Å²) in [6.45, 7) is 3.60. The molecule has 0 spiro atoms. The molecule has 1 aliphatic carbocycles. The van der Waals surface area contributed by atoms with Crippen LogP contribution in [-0.2, 0) is 24.8 Å². The van der Waals surface area contributed by atoms with Crippen LogP contribution in [0.3, 0.4) is 0 Å². The molecule has 1 saturated heterocycles. The van der Waals surface area contributed by atoms with Crippen LogP contribution in [0.4, 0.5) is 0 Å². The molecule has 2 aromatic rings. The third-order valence-electron chi connectivity index (χ3n) is 6.53. The average molecular weight is 412 g/mol. The van der Waals surface area contributed by atoms with E-state index >= 15 is 0 Å². The van der Waals surface area contributed by atoms with E-state index < -0.39 is 0 Å². The number of rotatable bonds is 4. The molecule has 0 bridgehead atoms. The van der Waals surface area contributed by atoms with Gasteiger partial charge in [-0.05, 0) is 18.9 Å². The summed E-state index contributed by atoms with van der Waals surface area (Å²) in [5, 5.41) is 16.0. The van der Waals surface area contributed by atoms with E-state index in [1.54, 1.807) is 4.68 Å². The fraction of sp³-hybridized carbons (Fsp3) is 0.650. The number of amides is 2. The van der Waals surface area contributed by atoms with Gasteiger partial charge in [-0.25, -0.2) is 0 Å². The van der Waals surface area contributed by atoms with Crippen LogP contribution in [0.15, 0.2) is 12.3 Å². The highest BCUT2D eigenvalue weighted by Crippen LogP contribution is 2.29. The van der Waals surface area contributed by atoms with Gasteiger partial charge in [-0.3, -0.25) is 19.2 Å². The van der Waals surface area contributed by atoms with Crippen LogP contribution < -0.4 is 5.32 Å². The Balaban J connectivity index is 1.29. The van der Waals surface area contributed by atoms with Gasteiger partial charge in [0.05, 0.1) is 18.2 Å². The number of carbonyl (C=O) groups is 2. The lowest BCUT2D eigenvalue weighted by Gasteiger charge is -2.43. The van der Waals surface area contributed by atoms with E-state index in [2.05, 4.69) is 25.5 Å². The highest BCUT2D eigenvalue weighted by molar-refractivity contribution is 5.91. The maximum Gasteiger partial charge on any atom is 0.289 e. The SMILES string of the molecule is Cn1ccc(CC(=O)N2CCN3CCn4c(C(=O)NC5CCCC5)nnc4[C@H]3C2)n1. The fourth-order valence-corrected chi connectivity index (χ4v) is 4.88. The van der Waals surface area contributed by atoms with Gasteiger partial charge < -0.3 is 14.8 Å². The van der Waals surface area contributed by atoms with Crippen molar-refractivity contribution in [1.82, 2.24) is 39.7 Å². The van der Waals surface area contributed by atoms with Crippen molar-refractivity contribution in [2.75, 3.05) is 26.2 Å². The zero-order valence-corrected chi connectivity index (χ0v) is 17.3. The standard InChI is InChI=1S/C20H28N8O2/c1-25-7-6-15(24-25)12-17(29)27-9-8-26-10-11-28-18(16(26)13-27)22-23-19(28)20(30)21-14-4-2-3-5-14/h6-7,14,16H,2-5,8-13H2,1H3,(H,21,30)/t16-/m1/s1. The van der Waals surface area contributed by atoms with Gasteiger partial charge >= 0.3 is 0 Å². The molecule has 0 radical (unpaired) electrons. The van der Waals surface area contributed by atoms with Crippen LogP contribution in [0.1, 0.15) is 53.9 Å². The van der Waals surface area contributed by atoms with Crippen LogP contribution >= 0.6 is 0 Å². The minimum atomic E-state index is -0.131. The summed E-state index contributed by atoms with van der Waals surface area (Å²) in [4.78, 5) is 29.8. The topological polar surface area (TPSA) is 101 Å². The molecule has 4 heterocycles. The van der Waals surface area contributed by atoms with Crippen molar-refractivity contribution >= 4 is 11.8 Å². The first-order valence-corrected chi connectivity index (χ1v) is 10.8. The molecule has 3 aliphatic rings. The minimum absolute atomic E-state index is 0.0271. The number of piperazine rings is 1. The molecule has 5 rings (SSSR count). The van der Waals surface area contributed by atoms with Crippen LogP contribution in [0.2, 0.25) is 0 Å². The summed E-state index contributed by atoms with van der Waals surface area (Å²) in [5.74, 6) is 1.12. The van der Waals surface area contributed by atoms with Crippen molar-refractivity contribution in [2.45, 2.75) is 50.7 Å². The molecule has 10 heteroatoms. The Labute approximate surface area is 175 Å². The van der Waals surface area contributed by atoms with Crippen molar-refractivity contribution < 1.29 is 9.59 Å². The van der Waals surface area contributed by atoms with Gasteiger partial charge in [-0.1, -0.05) is 12.8 Å². The normalized spacial score (nSPS) is 22.0. The summed E-state index contributed by atoms with van der Waals surface area (Å²) in [6.07, 6.45) is 6.56. The Morgan fingerprint density at radius 1 is 1.13 bits per heavy atom. The van der Waals surface area contributed by atoms with E-state index in [1.165, 1.54) is 12.8 Å². The van der Waals surface area contributed by atoms with Crippen molar-refractivity contribution in [3.8, 4) is 0 Å². The number of aryl methyl sites for hydroxylation is 1. The molecule has 0 aromatic carbocycles. The molecule has 2 aliphatic heterocycles. The molecular formula is C20H28N8O2. The van der Waals surface area contributed by atoms with Crippen LogP contribution in [0, 0.1) is 0 Å². The van der Waals surface area contributed by atoms with Gasteiger partial charge in [0.15, 0.2) is 5.82 Å². The quantitative estimate of drug-likeness (QED) is 0.766. The van der Waals surface area contributed by atoms with E-state index in [9.17, 15) is 9.59 Å². The number of nitrogens with one attached hydrogen (secondary N) is 1. The number of carbonyl (C=O) groups excluding carboxylic acids is 2. The second kappa shape index (κ2) is 7.82. The number of nitrogens with zero attached hydrogens (tertiary/aromatic N) is 7. The molecular weight excluding hydrogens is 384 g/mol. The summed E-state index contributed by atoms with van der Waals surface area (Å²) in [5.41, 5.74) is 0.780. The number of fused-ring (bicyclic) bond motifs is 3. The molecule has 2 aromatic heterocycles. The zero-order valence-electron chi connectivity index (χ0n) is 17.3.